The summed E-state index contributed by atoms with van der Waals surface area (Å²) < 4.78 is 8.04. The van der Waals surface area contributed by atoms with Crippen LogP contribution >= 0.6 is 11.3 Å². The van der Waals surface area contributed by atoms with E-state index in [-0.39, 0.29) is 5.91 Å². The van der Waals surface area contributed by atoms with Crippen LogP contribution in [-0.4, -0.2) is 27.3 Å². The summed E-state index contributed by atoms with van der Waals surface area (Å²) in [7, 11) is 1.72. The number of para-hydroxylation sites is 1. The lowest BCUT2D eigenvalue weighted by Crippen LogP contribution is -2.15. The number of aryl methyl sites for hydroxylation is 1. The number of hydrogen-bond donors (Lipinski definition) is 1. The third-order valence-corrected chi connectivity index (χ3v) is 3.89. The van der Waals surface area contributed by atoms with Crippen molar-refractivity contribution in [2.45, 2.75) is 6.92 Å². The zero-order chi connectivity index (χ0) is 14.8. The SMILES string of the molecule is CCOc1cccc2sc(NC(=O)c3ccnn3C)nc12. The number of amides is 1. The molecule has 21 heavy (non-hydrogen) atoms. The van der Waals surface area contributed by atoms with Gasteiger partial charge in [0.25, 0.3) is 5.91 Å². The molecule has 0 atom stereocenters. The first-order chi connectivity index (χ1) is 10.2. The molecule has 1 aromatic carbocycles. The Bertz CT molecular complexity index is 793. The number of rotatable bonds is 4. The van der Waals surface area contributed by atoms with Gasteiger partial charge in [0.05, 0.1) is 11.3 Å². The lowest BCUT2D eigenvalue weighted by molar-refractivity contribution is 0.101. The van der Waals surface area contributed by atoms with Gasteiger partial charge in [0.1, 0.15) is 17.0 Å². The number of thiazole rings is 1. The molecule has 0 aliphatic carbocycles. The third-order valence-electron chi connectivity index (χ3n) is 2.96. The van der Waals surface area contributed by atoms with Gasteiger partial charge in [0.2, 0.25) is 0 Å². The normalized spacial score (nSPS) is 10.8. The number of anilines is 1. The van der Waals surface area contributed by atoms with Crippen LogP contribution in [0.2, 0.25) is 0 Å². The number of aromatic nitrogens is 3. The largest absolute Gasteiger partial charge is 0.492 e. The topological polar surface area (TPSA) is 69.0 Å². The van der Waals surface area contributed by atoms with E-state index >= 15 is 0 Å². The Morgan fingerprint density at radius 2 is 2.29 bits per heavy atom. The van der Waals surface area contributed by atoms with Crippen LogP contribution in [0.15, 0.2) is 30.5 Å². The second kappa shape index (κ2) is 5.53. The molecule has 3 rings (SSSR count). The highest BCUT2D eigenvalue weighted by molar-refractivity contribution is 7.22. The average Bonchev–Trinajstić information content (AvgIpc) is 3.05. The molecule has 7 heteroatoms. The van der Waals surface area contributed by atoms with Gasteiger partial charge in [0.15, 0.2) is 5.13 Å². The first-order valence-corrected chi connectivity index (χ1v) is 7.32. The van der Waals surface area contributed by atoms with Crippen molar-refractivity contribution in [1.29, 1.82) is 0 Å². The first-order valence-electron chi connectivity index (χ1n) is 6.50. The quantitative estimate of drug-likeness (QED) is 0.804. The van der Waals surface area contributed by atoms with Gasteiger partial charge in [-0.1, -0.05) is 17.4 Å². The summed E-state index contributed by atoms with van der Waals surface area (Å²) in [5.74, 6) is 0.499. The van der Waals surface area contributed by atoms with Crippen molar-refractivity contribution in [2.24, 2.45) is 7.05 Å². The highest BCUT2D eigenvalue weighted by atomic mass is 32.1. The minimum absolute atomic E-state index is 0.230. The third kappa shape index (κ3) is 2.59. The summed E-state index contributed by atoms with van der Waals surface area (Å²) in [6.07, 6.45) is 1.58. The van der Waals surface area contributed by atoms with E-state index in [1.165, 1.54) is 16.0 Å². The Hall–Kier alpha value is -2.41. The molecule has 108 valence electrons. The number of benzene rings is 1. The van der Waals surface area contributed by atoms with Gasteiger partial charge in [-0.15, -0.1) is 0 Å². The molecule has 0 radical (unpaired) electrons. The highest BCUT2D eigenvalue weighted by Crippen LogP contribution is 2.32. The molecule has 0 unspecified atom stereocenters. The molecule has 2 aromatic heterocycles. The van der Waals surface area contributed by atoms with Gasteiger partial charge >= 0.3 is 0 Å². The number of nitrogens with one attached hydrogen (secondary N) is 1. The fraction of sp³-hybridized carbons (Fsp3) is 0.214. The van der Waals surface area contributed by atoms with E-state index in [1.54, 1.807) is 19.3 Å². The molecule has 0 saturated carbocycles. The van der Waals surface area contributed by atoms with Crippen LogP contribution in [0.25, 0.3) is 10.2 Å². The fourth-order valence-electron chi connectivity index (χ4n) is 2.01. The van der Waals surface area contributed by atoms with E-state index in [0.717, 1.165) is 16.0 Å². The van der Waals surface area contributed by atoms with Crippen LogP contribution in [-0.2, 0) is 7.05 Å². The lowest BCUT2D eigenvalue weighted by Gasteiger charge is -2.02. The van der Waals surface area contributed by atoms with E-state index in [4.69, 9.17) is 4.74 Å². The van der Waals surface area contributed by atoms with E-state index < -0.39 is 0 Å². The number of ether oxygens (including phenoxy) is 1. The van der Waals surface area contributed by atoms with E-state index in [9.17, 15) is 4.79 Å². The maximum atomic E-state index is 12.1. The standard InChI is InChI=1S/C14H14N4O2S/c1-3-20-10-5-4-6-11-12(10)16-14(21-11)17-13(19)9-7-8-15-18(9)2/h4-8H,3H2,1-2H3,(H,16,17,19). The molecule has 0 saturated heterocycles. The summed E-state index contributed by atoms with van der Waals surface area (Å²) in [5.41, 5.74) is 1.25. The van der Waals surface area contributed by atoms with Crippen molar-refractivity contribution < 1.29 is 9.53 Å². The number of nitrogens with zero attached hydrogens (tertiary/aromatic N) is 3. The number of hydrogen-bond acceptors (Lipinski definition) is 5. The van der Waals surface area contributed by atoms with Crippen LogP contribution in [0.5, 0.6) is 5.75 Å². The van der Waals surface area contributed by atoms with E-state index in [0.29, 0.717) is 17.4 Å². The maximum Gasteiger partial charge on any atom is 0.275 e. The number of carbonyl (C=O) groups excluding carboxylic acids is 1. The smallest absolute Gasteiger partial charge is 0.275 e. The molecule has 0 spiro atoms. The van der Waals surface area contributed by atoms with Crippen molar-refractivity contribution in [3.63, 3.8) is 0 Å². The van der Waals surface area contributed by atoms with Crippen LogP contribution in [0, 0.1) is 0 Å². The molecule has 1 N–H and O–H groups in total. The Balaban J connectivity index is 1.90. The first kappa shape index (κ1) is 13.6. The van der Waals surface area contributed by atoms with Gasteiger partial charge in [-0.05, 0) is 25.1 Å². The molecular formula is C14H14N4O2S. The molecule has 6 nitrogen and oxygen atoms in total. The summed E-state index contributed by atoms with van der Waals surface area (Å²) in [4.78, 5) is 16.6. The van der Waals surface area contributed by atoms with Crippen molar-refractivity contribution in [2.75, 3.05) is 11.9 Å². The zero-order valence-corrected chi connectivity index (χ0v) is 12.5. The van der Waals surface area contributed by atoms with Crippen LogP contribution in [0.4, 0.5) is 5.13 Å². The number of fused-ring (bicyclic) bond motifs is 1. The van der Waals surface area contributed by atoms with Gasteiger partial charge < -0.3 is 4.74 Å². The van der Waals surface area contributed by atoms with Gasteiger partial charge in [0, 0.05) is 13.2 Å². The summed E-state index contributed by atoms with van der Waals surface area (Å²) in [5, 5.41) is 7.32. The van der Waals surface area contributed by atoms with E-state index in [1.807, 2.05) is 25.1 Å². The molecule has 1 amide bonds. The van der Waals surface area contributed by atoms with Gasteiger partial charge in [-0.3, -0.25) is 14.8 Å². The zero-order valence-electron chi connectivity index (χ0n) is 11.7. The molecule has 0 aliphatic rings. The predicted octanol–water partition coefficient (Wildman–Crippen LogP) is 2.68. The van der Waals surface area contributed by atoms with Gasteiger partial charge in [-0.2, -0.15) is 5.10 Å². The van der Waals surface area contributed by atoms with Gasteiger partial charge in [-0.25, -0.2) is 4.98 Å². The molecule has 0 bridgehead atoms. The summed E-state index contributed by atoms with van der Waals surface area (Å²) in [6.45, 7) is 2.50. The summed E-state index contributed by atoms with van der Waals surface area (Å²) >= 11 is 1.42. The Morgan fingerprint density at radius 3 is 3.00 bits per heavy atom. The maximum absolute atomic E-state index is 12.1. The minimum atomic E-state index is -0.230. The Kier molecular flexibility index (Phi) is 3.57. The molecule has 0 aliphatic heterocycles. The van der Waals surface area contributed by atoms with E-state index in [2.05, 4.69) is 15.4 Å². The van der Waals surface area contributed by atoms with Crippen LogP contribution in [0.3, 0.4) is 0 Å². The number of carbonyl (C=O) groups is 1. The minimum Gasteiger partial charge on any atom is -0.492 e. The van der Waals surface area contributed by atoms with Crippen LogP contribution < -0.4 is 10.1 Å². The molecule has 3 aromatic rings. The average molecular weight is 302 g/mol. The van der Waals surface area contributed by atoms with Crippen molar-refractivity contribution in [1.82, 2.24) is 14.8 Å². The van der Waals surface area contributed by atoms with Crippen molar-refractivity contribution in [3.05, 3.63) is 36.2 Å². The monoisotopic (exact) mass is 302 g/mol. The molecule has 0 fully saturated rings. The van der Waals surface area contributed by atoms with Crippen molar-refractivity contribution in [3.8, 4) is 5.75 Å². The summed E-state index contributed by atoms with van der Waals surface area (Å²) in [6, 6.07) is 7.40. The molecule has 2 heterocycles. The Labute approximate surface area is 125 Å². The fourth-order valence-corrected chi connectivity index (χ4v) is 2.88. The van der Waals surface area contributed by atoms with Crippen molar-refractivity contribution >= 4 is 32.6 Å². The predicted molar refractivity (Wildman–Crippen MR) is 82.0 cm³/mol. The second-order valence-corrected chi connectivity index (χ2v) is 5.38. The highest BCUT2D eigenvalue weighted by Gasteiger charge is 2.14. The Morgan fingerprint density at radius 1 is 1.43 bits per heavy atom. The second-order valence-electron chi connectivity index (χ2n) is 4.35. The lowest BCUT2D eigenvalue weighted by atomic mass is 10.3. The van der Waals surface area contributed by atoms with Crippen LogP contribution in [0.1, 0.15) is 17.4 Å². The molecular weight excluding hydrogens is 288 g/mol.